The molecule has 0 bridgehead atoms. The SMILES string of the molecule is COC1CNC(C(=O)N2CCC(C(F)(F)F)CC2)C1. The third-order valence-electron chi connectivity index (χ3n) is 3.99. The molecule has 7 heteroatoms. The maximum absolute atomic E-state index is 12.5. The first-order valence-electron chi connectivity index (χ1n) is 6.53. The molecule has 1 N–H and O–H groups in total. The van der Waals surface area contributed by atoms with Crippen LogP contribution in [0.4, 0.5) is 13.2 Å². The molecule has 0 radical (unpaired) electrons. The summed E-state index contributed by atoms with van der Waals surface area (Å²) in [4.78, 5) is 13.7. The fraction of sp³-hybridized carbons (Fsp3) is 0.917. The molecule has 2 atom stereocenters. The van der Waals surface area contributed by atoms with Crippen molar-refractivity contribution >= 4 is 5.91 Å². The van der Waals surface area contributed by atoms with Gasteiger partial charge in [-0.3, -0.25) is 4.79 Å². The molecule has 2 unspecified atom stereocenters. The summed E-state index contributed by atoms with van der Waals surface area (Å²) in [5.74, 6) is -1.36. The van der Waals surface area contributed by atoms with Crippen molar-refractivity contribution in [2.24, 2.45) is 5.92 Å². The number of methoxy groups -OCH3 is 1. The number of piperidine rings is 1. The zero-order valence-corrected chi connectivity index (χ0v) is 10.9. The predicted octanol–water partition coefficient (Wildman–Crippen LogP) is 1.16. The second-order valence-electron chi connectivity index (χ2n) is 5.20. The second kappa shape index (κ2) is 5.66. The van der Waals surface area contributed by atoms with E-state index in [1.807, 2.05) is 0 Å². The highest BCUT2D eigenvalue weighted by Gasteiger charge is 2.42. The Morgan fingerprint density at radius 2 is 1.95 bits per heavy atom. The smallest absolute Gasteiger partial charge is 0.380 e. The van der Waals surface area contributed by atoms with Gasteiger partial charge in [0.15, 0.2) is 0 Å². The molecule has 2 saturated heterocycles. The van der Waals surface area contributed by atoms with Crippen LogP contribution in [0.3, 0.4) is 0 Å². The molecule has 0 saturated carbocycles. The maximum Gasteiger partial charge on any atom is 0.391 e. The molecule has 0 spiro atoms. The average molecular weight is 280 g/mol. The molecule has 0 aromatic carbocycles. The number of hydrogen-bond acceptors (Lipinski definition) is 3. The molecule has 2 aliphatic heterocycles. The summed E-state index contributed by atoms with van der Waals surface area (Å²) >= 11 is 0. The van der Waals surface area contributed by atoms with E-state index in [-0.39, 0.29) is 44.0 Å². The summed E-state index contributed by atoms with van der Waals surface area (Å²) in [5.41, 5.74) is 0. The van der Waals surface area contributed by atoms with Crippen LogP contribution >= 0.6 is 0 Å². The van der Waals surface area contributed by atoms with Gasteiger partial charge in [-0.2, -0.15) is 13.2 Å². The number of hydrogen-bond donors (Lipinski definition) is 1. The highest BCUT2D eigenvalue weighted by molar-refractivity contribution is 5.82. The number of alkyl halides is 3. The zero-order valence-electron chi connectivity index (χ0n) is 10.9. The fourth-order valence-corrected chi connectivity index (χ4v) is 2.72. The van der Waals surface area contributed by atoms with Gasteiger partial charge in [-0.15, -0.1) is 0 Å². The summed E-state index contributed by atoms with van der Waals surface area (Å²) in [7, 11) is 1.59. The lowest BCUT2D eigenvalue weighted by Crippen LogP contribution is -2.48. The lowest BCUT2D eigenvalue weighted by molar-refractivity contribution is -0.186. The Labute approximate surface area is 110 Å². The van der Waals surface area contributed by atoms with Gasteiger partial charge in [-0.05, 0) is 19.3 Å². The Kier molecular flexibility index (Phi) is 4.35. The number of amides is 1. The Balaban J connectivity index is 1.83. The van der Waals surface area contributed by atoms with Crippen molar-refractivity contribution in [2.75, 3.05) is 26.7 Å². The van der Waals surface area contributed by atoms with Gasteiger partial charge < -0.3 is 15.0 Å². The normalized spacial score (nSPS) is 29.8. The van der Waals surface area contributed by atoms with E-state index in [1.54, 1.807) is 7.11 Å². The number of carbonyl (C=O) groups is 1. The fourth-order valence-electron chi connectivity index (χ4n) is 2.72. The van der Waals surface area contributed by atoms with Crippen molar-refractivity contribution in [3.63, 3.8) is 0 Å². The summed E-state index contributed by atoms with van der Waals surface area (Å²) in [6.07, 6.45) is -3.51. The molecule has 4 nitrogen and oxygen atoms in total. The Morgan fingerprint density at radius 3 is 2.42 bits per heavy atom. The quantitative estimate of drug-likeness (QED) is 0.825. The molecule has 2 fully saturated rings. The van der Waals surface area contributed by atoms with Crippen LogP contribution in [0.2, 0.25) is 0 Å². The molecule has 0 aliphatic carbocycles. The first-order chi connectivity index (χ1) is 8.91. The van der Waals surface area contributed by atoms with Crippen LogP contribution in [0.15, 0.2) is 0 Å². The van der Waals surface area contributed by atoms with Crippen molar-refractivity contribution in [2.45, 2.75) is 37.6 Å². The molecule has 0 aromatic rings. The number of halogens is 3. The van der Waals surface area contributed by atoms with Gasteiger partial charge >= 0.3 is 6.18 Å². The standard InChI is InChI=1S/C12H19F3N2O2/c1-19-9-6-10(16-7-9)11(18)17-4-2-8(3-5-17)12(13,14)15/h8-10,16H,2-7H2,1H3. The van der Waals surface area contributed by atoms with Crippen molar-refractivity contribution < 1.29 is 22.7 Å². The number of likely N-dealkylation sites (tertiary alicyclic amines) is 1. The highest BCUT2D eigenvalue weighted by Crippen LogP contribution is 2.34. The second-order valence-corrected chi connectivity index (χ2v) is 5.20. The molecule has 2 aliphatic rings. The van der Waals surface area contributed by atoms with E-state index in [0.29, 0.717) is 13.0 Å². The van der Waals surface area contributed by atoms with Gasteiger partial charge in [0.25, 0.3) is 0 Å². The lowest BCUT2D eigenvalue weighted by atomic mass is 9.95. The van der Waals surface area contributed by atoms with Crippen LogP contribution in [-0.4, -0.2) is 55.9 Å². The van der Waals surface area contributed by atoms with Crippen LogP contribution in [-0.2, 0) is 9.53 Å². The van der Waals surface area contributed by atoms with E-state index in [2.05, 4.69) is 5.32 Å². The van der Waals surface area contributed by atoms with Crippen LogP contribution in [0.1, 0.15) is 19.3 Å². The largest absolute Gasteiger partial charge is 0.391 e. The van der Waals surface area contributed by atoms with E-state index in [1.165, 1.54) is 4.90 Å². The van der Waals surface area contributed by atoms with Gasteiger partial charge in [-0.25, -0.2) is 0 Å². The Hall–Kier alpha value is -0.820. The zero-order chi connectivity index (χ0) is 14.0. The van der Waals surface area contributed by atoms with Crippen LogP contribution in [0.25, 0.3) is 0 Å². The molecule has 0 aromatic heterocycles. The van der Waals surface area contributed by atoms with Gasteiger partial charge in [0, 0.05) is 26.7 Å². The molecule has 2 rings (SSSR count). The third-order valence-corrected chi connectivity index (χ3v) is 3.99. The Morgan fingerprint density at radius 1 is 1.32 bits per heavy atom. The van der Waals surface area contributed by atoms with Gasteiger partial charge in [0.05, 0.1) is 18.1 Å². The first kappa shape index (κ1) is 14.6. The van der Waals surface area contributed by atoms with Gasteiger partial charge in [0.1, 0.15) is 0 Å². The monoisotopic (exact) mass is 280 g/mol. The molecular weight excluding hydrogens is 261 g/mol. The summed E-state index contributed by atoms with van der Waals surface area (Å²) in [5, 5.41) is 3.06. The average Bonchev–Trinajstić information content (AvgIpc) is 2.86. The molecule has 1 amide bonds. The summed E-state index contributed by atoms with van der Waals surface area (Å²) < 4.78 is 42.8. The van der Waals surface area contributed by atoms with E-state index in [0.717, 1.165) is 0 Å². The van der Waals surface area contributed by atoms with Crippen molar-refractivity contribution in [3.05, 3.63) is 0 Å². The van der Waals surface area contributed by atoms with Crippen LogP contribution in [0.5, 0.6) is 0 Å². The molecule has 110 valence electrons. The molecular formula is C12H19F3N2O2. The van der Waals surface area contributed by atoms with E-state index in [9.17, 15) is 18.0 Å². The number of rotatable bonds is 2. The third kappa shape index (κ3) is 3.39. The maximum atomic E-state index is 12.5. The van der Waals surface area contributed by atoms with Crippen LogP contribution in [0, 0.1) is 5.92 Å². The predicted molar refractivity (Wildman–Crippen MR) is 62.6 cm³/mol. The van der Waals surface area contributed by atoms with Crippen molar-refractivity contribution in [1.82, 2.24) is 10.2 Å². The summed E-state index contributed by atoms with van der Waals surface area (Å²) in [6.45, 7) is 1.00. The lowest BCUT2D eigenvalue weighted by Gasteiger charge is -2.34. The number of ether oxygens (including phenoxy) is 1. The van der Waals surface area contributed by atoms with Crippen molar-refractivity contribution in [1.29, 1.82) is 0 Å². The van der Waals surface area contributed by atoms with Crippen LogP contribution < -0.4 is 5.32 Å². The van der Waals surface area contributed by atoms with E-state index >= 15 is 0 Å². The minimum atomic E-state index is -4.14. The van der Waals surface area contributed by atoms with E-state index in [4.69, 9.17) is 4.74 Å². The topological polar surface area (TPSA) is 41.6 Å². The minimum Gasteiger partial charge on any atom is -0.380 e. The molecule has 2 heterocycles. The Bertz CT molecular complexity index is 327. The van der Waals surface area contributed by atoms with Gasteiger partial charge in [-0.1, -0.05) is 0 Å². The van der Waals surface area contributed by atoms with Crippen molar-refractivity contribution in [3.8, 4) is 0 Å². The first-order valence-corrected chi connectivity index (χ1v) is 6.53. The minimum absolute atomic E-state index is 0.00959. The summed E-state index contributed by atoms with van der Waals surface area (Å²) in [6, 6.07) is -0.313. The molecule has 19 heavy (non-hydrogen) atoms. The van der Waals surface area contributed by atoms with E-state index < -0.39 is 12.1 Å². The van der Waals surface area contributed by atoms with Gasteiger partial charge in [0.2, 0.25) is 5.91 Å². The number of nitrogens with zero attached hydrogens (tertiary/aromatic N) is 1. The highest BCUT2D eigenvalue weighted by atomic mass is 19.4. The number of nitrogens with one attached hydrogen (secondary N) is 1. The number of carbonyl (C=O) groups excluding carboxylic acids is 1.